The second-order valence-corrected chi connectivity index (χ2v) is 7.91. The van der Waals surface area contributed by atoms with Gasteiger partial charge in [-0.05, 0) is 51.0 Å². The van der Waals surface area contributed by atoms with Crippen LogP contribution in [0.5, 0.6) is 5.75 Å². The number of fused-ring (bicyclic) bond motifs is 1. The van der Waals surface area contributed by atoms with E-state index >= 15 is 0 Å². The van der Waals surface area contributed by atoms with Crippen molar-refractivity contribution in [2.45, 2.75) is 32.8 Å². The van der Waals surface area contributed by atoms with Crippen molar-refractivity contribution in [1.82, 2.24) is 14.8 Å². The van der Waals surface area contributed by atoms with Gasteiger partial charge in [0.15, 0.2) is 10.8 Å². The van der Waals surface area contributed by atoms with Crippen LogP contribution in [0.3, 0.4) is 0 Å². The van der Waals surface area contributed by atoms with Crippen molar-refractivity contribution in [2.24, 2.45) is 7.05 Å². The number of aryl methyl sites for hydroxylation is 2. The number of amides is 1. The molecule has 0 spiro atoms. The van der Waals surface area contributed by atoms with Crippen LogP contribution in [0.15, 0.2) is 24.3 Å². The van der Waals surface area contributed by atoms with E-state index in [2.05, 4.69) is 5.10 Å². The predicted octanol–water partition coefficient (Wildman–Crippen LogP) is 3.56. The molecule has 28 heavy (non-hydrogen) atoms. The number of rotatable bonds is 6. The Morgan fingerprint density at radius 3 is 2.96 bits per heavy atom. The third kappa shape index (κ3) is 3.74. The van der Waals surface area contributed by atoms with E-state index in [1.807, 2.05) is 45.2 Å². The molecule has 8 heteroatoms. The van der Waals surface area contributed by atoms with Gasteiger partial charge in [-0.2, -0.15) is 5.10 Å². The Bertz CT molecular complexity index is 971. The third-order valence-corrected chi connectivity index (χ3v) is 5.92. The van der Waals surface area contributed by atoms with Crippen molar-refractivity contribution in [3.8, 4) is 5.75 Å². The number of nitrogens with zero attached hydrogens (tertiary/aromatic N) is 4. The van der Waals surface area contributed by atoms with Gasteiger partial charge in [-0.25, -0.2) is 4.98 Å². The largest absolute Gasteiger partial charge is 0.494 e. The summed E-state index contributed by atoms with van der Waals surface area (Å²) in [6.45, 7) is 5.72. The summed E-state index contributed by atoms with van der Waals surface area (Å²) in [5.74, 6) is 0.658. The Morgan fingerprint density at radius 1 is 1.43 bits per heavy atom. The number of benzene rings is 1. The van der Waals surface area contributed by atoms with Crippen LogP contribution in [-0.2, 0) is 11.8 Å². The van der Waals surface area contributed by atoms with Crippen LogP contribution < -0.4 is 9.64 Å². The molecular formula is C20H24N4O3S. The molecule has 1 atom stereocenters. The molecule has 1 fully saturated rings. The molecule has 0 aliphatic carbocycles. The SMILES string of the molecule is CCOc1ccc2nc(N(CC3CCCO3)C(=O)c3cc(C)n(C)n3)sc2c1. The highest BCUT2D eigenvalue weighted by Gasteiger charge is 2.28. The van der Waals surface area contributed by atoms with Crippen molar-refractivity contribution < 1.29 is 14.3 Å². The minimum absolute atomic E-state index is 0.0276. The number of hydrogen-bond donors (Lipinski definition) is 0. The maximum atomic E-state index is 13.3. The van der Waals surface area contributed by atoms with Gasteiger partial charge in [0.05, 0.1) is 29.5 Å². The first-order valence-corrected chi connectivity index (χ1v) is 10.3. The molecule has 7 nitrogen and oxygen atoms in total. The van der Waals surface area contributed by atoms with E-state index in [9.17, 15) is 4.79 Å². The molecule has 1 unspecified atom stereocenters. The number of carbonyl (C=O) groups excluding carboxylic acids is 1. The second kappa shape index (κ2) is 7.89. The first-order chi connectivity index (χ1) is 13.5. The van der Waals surface area contributed by atoms with Gasteiger partial charge < -0.3 is 9.47 Å². The minimum Gasteiger partial charge on any atom is -0.494 e. The smallest absolute Gasteiger partial charge is 0.280 e. The third-order valence-electron chi connectivity index (χ3n) is 4.88. The van der Waals surface area contributed by atoms with E-state index in [0.717, 1.165) is 41.1 Å². The molecule has 148 valence electrons. The molecule has 4 rings (SSSR count). The molecule has 0 radical (unpaired) electrons. The zero-order valence-corrected chi connectivity index (χ0v) is 17.2. The highest BCUT2D eigenvalue weighted by Crippen LogP contribution is 2.33. The molecule has 3 heterocycles. The topological polar surface area (TPSA) is 69.5 Å². The van der Waals surface area contributed by atoms with Crippen molar-refractivity contribution >= 4 is 32.6 Å². The summed E-state index contributed by atoms with van der Waals surface area (Å²) in [6.07, 6.45) is 2.00. The zero-order valence-electron chi connectivity index (χ0n) is 16.3. The summed E-state index contributed by atoms with van der Waals surface area (Å²) in [5.41, 5.74) is 2.21. The lowest BCUT2D eigenvalue weighted by atomic mass is 10.2. The summed E-state index contributed by atoms with van der Waals surface area (Å²) in [6, 6.07) is 7.62. The zero-order chi connectivity index (χ0) is 19.7. The molecule has 1 amide bonds. The van der Waals surface area contributed by atoms with Gasteiger partial charge in [-0.1, -0.05) is 11.3 Å². The van der Waals surface area contributed by atoms with Crippen LogP contribution >= 0.6 is 11.3 Å². The molecule has 2 aromatic heterocycles. The molecule has 0 bridgehead atoms. The number of thiazole rings is 1. The van der Waals surface area contributed by atoms with Gasteiger partial charge in [-0.15, -0.1) is 0 Å². The highest BCUT2D eigenvalue weighted by atomic mass is 32.1. The van der Waals surface area contributed by atoms with Crippen LogP contribution in [0.2, 0.25) is 0 Å². The summed E-state index contributed by atoms with van der Waals surface area (Å²) in [4.78, 5) is 19.7. The Balaban J connectivity index is 1.69. The fourth-order valence-corrected chi connectivity index (χ4v) is 4.31. The molecule has 0 saturated carbocycles. The van der Waals surface area contributed by atoms with Gasteiger partial charge in [0.25, 0.3) is 5.91 Å². The summed E-state index contributed by atoms with van der Waals surface area (Å²) >= 11 is 1.49. The lowest BCUT2D eigenvalue weighted by Gasteiger charge is -2.22. The lowest BCUT2D eigenvalue weighted by Crippen LogP contribution is -2.37. The molecular weight excluding hydrogens is 376 g/mol. The molecule has 0 N–H and O–H groups in total. The predicted molar refractivity (Wildman–Crippen MR) is 109 cm³/mol. The standard InChI is InChI=1S/C20H24N4O3S/c1-4-26-14-7-8-16-18(11-14)28-20(21-16)24(12-15-6-5-9-27-15)19(25)17-10-13(2)23(3)22-17/h7-8,10-11,15H,4-6,9,12H2,1-3H3. The molecule has 3 aromatic rings. The van der Waals surface area contributed by atoms with Crippen LogP contribution in [0.4, 0.5) is 5.13 Å². The number of hydrogen-bond acceptors (Lipinski definition) is 6. The van der Waals surface area contributed by atoms with Gasteiger partial charge in [-0.3, -0.25) is 14.4 Å². The maximum absolute atomic E-state index is 13.3. The average molecular weight is 401 g/mol. The van der Waals surface area contributed by atoms with E-state index in [1.54, 1.807) is 9.58 Å². The van der Waals surface area contributed by atoms with Crippen molar-refractivity contribution in [2.75, 3.05) is 24.7 Å². The van der Waals surface area contributed by atoms with E-state index in [0.29, 0.717) is 24.0 Å². The summed E-state index contributed by atoms with van der Waals surface area (Å²) in [5, 5.41) is 5.02. The van der Waals surface area contributed by atoms with Gasteiger partial charge >= 0.3 is 0 Å². The van der Waals surface area contributed by atoms with Gasteiger partial charge in [0.2, 0.25) is 0 Å². The van der Waals surface area contributed by atoms with Gasteiger partial charge in [0.1, 0.15) is 5.75 Å². The van der Waals surface area contributed by atoms with Crippen LogP contribution in [0.25, 0.3) is 10.2 Å². The van der Waals surface area contributed by atoms with E-state index in [-0.39, 0.29) is 12.0 Å². The number of anilines is 1. The van der Waals surface area contributed by atoms with Gasteiger partial charge in [0, 0.05) is 19.3 Å². The number of aromatic nitrogens is 3. The van der Waals surface area contributed by atoms with Crippen LogP contribution in [0, 0.1) is 6.92 Å². The van der Waals surface area contributed by atoms with E-state index < -0.39 is 0 Å². The fraction of sp³-hybridized carbons (Fsp3) is 0.450. The number of carbonyl (C=O) groups is 1. The van der Waals surface area contributed by atoms with E-state index in [1.165, 1.54) is 11.3 Å². The number of ether oxygens (including phenoxy) is 2. The molecule has 1 aliphatic heterocycles. The highest BCUT2D eigenvalue weighted by molar-refractivity contribution is 7.22. The second-order valence-electron chi connectivity index (χ2n) is 6.90. The normalized spacial score (nSPS) is 16.6. The average Bonchev–Trinajstić information content (AvgIpc) is 3.40. The maximum Gasteiger partial charge on any atom is 0.280 e. The Labute approximate surface area is 167 Å². The quantitative estimate of drug-likeness (QED) is 0.633. The van der Waals surface area contributed by atoms with Crippen LogP contribution in [0.1, 0.15) is 35.9 Å². The Hall–Kier alpha value is -2.45. The first-order valence-electron chi connectivity index (χ1n) is 9.52. The van der Waals surface area contributed by atoms with Crippen molar-refractivity contribution in [1.29, 1.82) is 0 Å². The Kier molecular flexibility index (Phi) is 5.32. The lowest BCUT2D eigenvalue weighted by molar-refractivity contribution is 0.0913. The molecule has 1 aromatic carbocycles. The van der Waals surface area contributed by atoms with Crippen LogP contribution in [-0.4, -0.2) is 46.5 Å². The van der Waals surface area contributed by atoms with Crippen molar-refractivity contribution in [3.63, 3.8) is 0 Å². The monoisotopic (exact) mass is 400 g/mol. The summed E-state index contributed by atoms with van der Waals surface area (Å²) < 4.78 is 14.1. The van der Waals surface area contributed by atoms with E-state index in [4.69, 9.17) is 14.5 Å². The Morgan fingerprint density at radius 2 is 2.29 bits per heavy atom. The first kappa shape index (κ1) is 18.9. The van der Waals surface area contributed by atoms with Crippen molar-refractivity contribution in [3.05, 3.63) is 35.7 Å². The minimum atomic E-state index is -0.150. The summed E-state index contributed by atoms with van der Waals surface area (Å²) in [7, 11) is 1.84. The molecule has 1 aliphatic rings. The fourth-order valence-electron chi connectivity index (χ4n) is 3.31. The molecule has 1 saturated heterocycles.